The molecule has 4 rings (SSSR count). The first kappa shape index (κ1) is 17.8. The third-order valence-corrected chi connectivity index (χ3v) is 4.44. The van der Waals surface area contributed by atoms with Gasteiger partial charge in [0.2, 0.25) is 0 Å². The van der Waals surface area contributed by atoms with E-state index in [2.05, 4.69) is 5.32 Å². The van der Waals surface area contributed by atoms with Crippen molar-refractivity contribution in [3.8, 4) is 22.5 Å². The highest BCUT2D eigenvalue weighted by Gasteiger charge is 2.14. The number of benzene rings is 3. The van der Waals surface area contributed by atoms with Crippen LogP contribution in [-0.2, 0) is 0 Å². The number of nitrogens with one attached hydrogen (secondary N) is 1. The number of hydrogen-bond donors (Lipinski definition) is 2. The summed E-state index contributed by atoms with van der Waals surface area (Å²) in [5, 5.41) is 11.5. The first-order chi connectivity index (χ1) is 13.8. The third kappa shape index (κ3) is 3.61. The van der Waals surface area contributed by atoms with Crippen molar-refractivity contribution in [3.63, 3.8) is 0 Å². The van der Waals surface area contributed by atoms with E-state index in [0.717, 1.165) is 33.5 Å². The van der Waals surface area contributed by atoms with E-state index in [4.69, 9.17) is 15.1 Å². The second-order valence-corrected chi connectivity index (χ2v) is 6.33. The lowest BCUT2D eigenvalue weighted by molar-refractivity contribution is 0.0945. The number of fused-ring (bicyclic) bond motifs is 1. The maximum atomic E-state index is 12.1. The molecule has 0 aliphatic carbocycles. The summed E-state index contributed by atoms with van der Waals surface area (Å²) in [7, 11) is 0. The Kier molecular flexibility index (Phi) is 5.08. The van der Waals surface area contributed by atoms with Gasteiger partial charge in [0, 0.05) is 23.2 Å². The fourth-order valence-electron chi connectivity index (χ4n) is 3.05. The summed E-state index contributed by atoms with van der Waals surface area (Å²) >= 11 is 0. The van der Waals surface area contributed by atoms with Crippen LogP contribution in [0.3, 0.4) is 0 Å². The monoisotopic (exact) mass is 369 g/mol. The van der Waals surface area contributed by atoms with Crippen molar-refractivity contribution >= 4 is 16.9 Å². The Morgan fingerprint density at radius 2 is 1.29 bits per heavy atom. The number of amides is 1. The quantitative estimate of drug-likeness (QED) is 0.563. The van der Waals surface area contributed by atoms with Gasteiger partial charge < -0.3 is 10.4 Å². The minimum Gasteiger partial charge on any atom is -0.395 e. The highest BCUT2D eigenvalue weighted by molar-refractivity contribution is 5.95. The highest BCUT2D eigenvalue weighted by atomic mass is 16.3. The van der Waals surface area contributed by atoms with E-state index in [9.17, 15) is 4.79 Å². The van der Waals surface area contributed by atoms with Crippen molar-refractivity contribution in [1.29, 1.82) is 0 Å². The molecule has 0 aliphatic rings. The molecular weight excluding hydrogens is 350 g/mol. The van der Waals surface area contributed by atoms with Crippen LogP contribution in [0.25, 0.3) is 33.5 Å². The zero-order valence-electron chi connectivity index (χ0n) is 15.2. The van der Waals surface area contributed by atoms with Gasteiger partial charge in [-0.05, 0) is 24.3 Å². The summed E-state index contributed by atoms with van der Waals surface area (Å²) in [5.41, 5.74) is 5.64. The molecule has 0 unspecified atom stereocenters. The molecule has 5 heteroatoms. The predicted molar refractivity (Wildman–Crippen MR) is 110 cm³/mol. The molecule has 0 spiro atoms. The Morgan fingerprint density at radius 3 is 1.86 bits per heavy atom. The molecule has 3 aromatic carbocycles. The molecule has 138 valence electrons. The summed E-state index contributed by atoms with van der Waals surface area (Å²) in [6.45, 7) is 0.145. The Morgan fingerprint density at radius 1 is 0.750 bits per heavy atom. The Hall–Kier alpha value is -3.57. The van der Waals surface area contributed by atoms with Gasteiger partial charge in [0.15, 0.2) is 0 Å². The van der Waals surface area contributed by atoms with Crippen molar-refractivity contribution in [3.05, 3.63) is 84.4 Å². The van der Waals surface area contributed by atoms with Gasteiger partial charge in [-0.15, -0.1) is 0 Å². The van der Waals surface area contributed by atoms with Gasteiger partial charge in [-0.3, -0.25) is 4.79 Å². The van der Waals surface area contributed by atoms with Crippen LogP contribution >= 0.6 is 0 Å². The van der Waals surface area contributed by atoms with E-state index in [1.165, 1.54) is 0 Å². The third-order valence-electron chi connectivity index (χ3n) is 4.44. The van der Waals surface area contributed by atoms with E-state index in [1.807, 2.05) is 66.7 Å². The molecule has 1 aromatic heterocycles. The molecule has 2 N–H and O–H groups in total. The van der Waals surface area contributed by atoms with Gasteiger partial charge in [-0.1, -0.05) is 54.6 Å². The van der Waals surface area contributed by atoms with Crippen molar-refractivity contribution in [2.75, 3.05) is 13.2 Å². The zero-order valence-corrected chi connectivity index (χ0v) is 15.2. The number of nitrogens with zero attached hydrogens (tertiary/aromatic N) is 2. The fourth-order valence-corrected chi connectivity index (χ4v) is 3.05. The molecular formula is C23H19N3O2. The fraction of sp³-hybridized carbons (Fsp3) is 0.0870. The van der Waals surface area contributed by atoms with Gasteiger partial charge in [0.1, 0.15) is 0 Å². The number of aliphatic hydroxyl groups is 1. The minimum absolute atomic E-state index is 0.0864. The summed E-state index contributed by atoms with van der Waals surface area (Å²) in [4.78, 5) is 21.8. The van der Waals surface area contributed by atoms with Crippen molar-refractivity contribution in [2.45, 2.75) is 0 Å². The summed E-state index contributed by atoms with van der Waals surface area (Å²) in [6.07, 6.45) is 0. The lowest BCUT2D eigenvalue weighted by Crippen LogP contribution is -2.26. The van der Waals surface area contributed by atoms with Crippen LogP contribution in [0.2, 0.25) is 0 Å². The molecule has 0 saturated heterocycles. The Balaban J connectivity index is 1.80. The lowest BCUT2D eigenvalue weighted by atomic mass is 10.0. The van der Waals surface area contributed by atoms with Gasteiger partial charge in [0.05, 0.1) is 29.0 Å². The molecule has 0 saturated carbocycles. The number of aromatic nitrogens is 2. The van der Waals surface area contributed by atoms with Crippen molar-refractivity contribution in [1.82, 2.24) is 15.3 Å². The predicted octanol–water partition coefficient (Wildman–Crippen LogP) is 3.69. The van der Waals surface area contributed by atoms with E-state index in [1.54, 1.807) is 12.1 Å². The number of carbonyl (C=O) groups excluding carboxylic acids is 1. The highest BCUT2D eigenvalue weighted by Crippen LogP contribution is 2.31. The second kappa shape index (κ2) is 7.98. The molecule has 0 atom stereocenters. The Labute approximate surface area is 162 Å². The average molecular weight is 369 g/mol. The van der Waals surface area contributed by atoms with Gasteiger partial charge in [0.25, 0.3) is 5.91 Å². The van der Waals surface area contributed by atoms with Gasteiger partial charge >= 0.3 is 0 Å². The maximum absolute atomic E-state index is 12.1. The van der Waals surface area contributed by atoms with E-state index >= 15 is 0 Å². The van der Waals surface area contributed by atoms with Crippen LogP contribution in [0.1, 0.15) is 10.4 Å². The molecule has 0 radical (unpaired) electrons. The largest absolute Gasteiger partial charge is 0.395 e. The van der Waals surface area contributed by atoms with Gasteiger partial charge in [-0.25, -0.2) is 9.97 Å². The summed E-state index contributed by atoms with van der Waals surface area (Å²) < 4.78 is 0. The Bertz CT molecular complexity index is 1110. The normalized spacial score (nSPS) is 10.8. The van der Waals surface area contributed by atoms with Gasteiger partial charge in [-0.2, -0.15) is 0 Å². The SMILES string of the molecule is O=C(NCCO)c1ccc(-c2nc3ccccc3nc2-c2ccccc2)cc1. The topological polar surface area (TPSA) is 75.1 Å². The molecule has 0 bridgehead atoms. The number of para-hydroxylation sites is 2. The van der Waals surface area contributed by atoms with Crippen LogP contribution < -0.4 is 5.32 Å². The summed E-state index contributed by atoms with van der Waals surface area (Å²) in [5.74, 6) is -0.214. The first-order valence-corrected chi connectivity index (χ1v) is 9.08. The maximum Gasteiger partial charge on any atom is 0.251 e. The zero-order chi connectivity index (χ0) is 19.3. The minimum atomic E-state index is -0.214. The number of carbonyl (C=O) groups is 1. The van der Waals surface area contributed by atoms with Crippen LogP contribution in [0, 0.1) is 0 Å². The van der Waals surface area contributed by atoms with E-state index in [-0.39, 0.29) is 19.1 Å². The smallest absolute Gasteiger partial charge is 0.251 e. The standard InChI is InChI=1S/C23H19N3O2/c27-15-14-24-23(28)18-12-10-17(11-13-18)22-21(16-6-2-1-3-7-16)25-19-8-4-5-9-20(19)26-22/h1-13,27H,14-15H2,(H,24,28). The molecule has 0 fully saturated rings. The second-order valence-electron chi connectivity index (χ2n) is 6.33. The lowest BCUT2D eigenvalue weighted by Gasteiger charge is -2.11. The van der Waals surface area contributed by atoms with Crippen LogP contribution in [0.5, 0.6) is 0 Å². The summed E-state index contributed by atoms with van der Waals surface area (Å²) in [6, 6.07) is 25.0. The molecule has 1 heterocycles. The first-order valence-electron chi connectivity index (χ1n) is 9.08. The molecule has 5 nitrogen and oxygen atoms in total. The molecule has 1 amide bonds. The van der Waals surface area contributed by atoms with Crippen molar-refractivity contribution < 1.29 is 9.90 Å². The van der Waals surface area contributed by atoms with Crippen LogP contribution in [-0.4, -0.2) is 34.1 Å². The molecule has 4 aromatic rings. The number of rotatable bonds is 5. The average Bonchev–Trinajstić information content (AvgIpc) is 2.77. The molecule has 28 heavy (non-hydrogen) atoms. The number of aliphatic hydroxyl groups excluding tert-OH is 1. The van der Waals surface area contributed by atoms with Crippen molar-refractivity contribution in [2.24, 2.45) is 0 Å². The van der Waals surface area contributed by atoms with E-state index in [0.29, 0.717) is 5.56 Å². The van der Waals surface area contributed by atoms with Crippen LogP contribution in [0.15, 0.2) is 78.9 Å². The number of hydrogen-bond acceptors (Lipinski definition) is 4. The van der Waals surface area contributed by atoms with E-state index < -0.39 is 0 Å². The molecule has 0 aliphatic heterocycles. The van der Waals surface area contributed by atoms with Crippen LogP contribution in [0.4, 0.5) is 0 Å².